The van der Waals surface area contributed by atoms with E-state index in [9.17, 15) is 9.90 Å². The van der Waals surface area contributed by atoms with Gasteiger partial charge in [-0.25, -0.2) is 5.43 Å². The summed E-state index contributed by atoms with van der Waals surface area (Å²) in [5.74, 6) is -0.226. The second-order valence-electron chi connectivity index (χ2n) is 5.21. The molecule has 120 valence electrons. The Labute approximate surface area is 147 Å². The minimum atomic E-state index is -0.372. The van der Waals surface area contributed by atoms with Gasteiger partial charge in [0.15, 0.2) is 0 Å². The number of halogens is 1. The normalized spacial score (nSPS) is 11.5. The molecular formula is C18H14BrN3O2. The van der Waals surface area contributed by atoms with Crippen LogP contribution in [0.3, 0.4) is 0 Å². The highest BCUT2D eigenvalue weighted by Crippen LogP contribution is 2.28. The number of hydrazone groups is 1. The Balaban J connectivity index is 1.86. The van der Waals surface area contributed by atoms with Crippen molar-refractivity contribution in [1.29, 1.82) is 0 Å². The highest BCUT2D eigenvalue weighted by Gasteiger charge is 2.10. The van der Waals surface area contributed by atoms with E-state index in [1.807, 2.05) is 30.3 Å². The van der Waals surface area contributed by atoms with Crippen molar-refractivity contribution in [1.82, 2.24) is 10.4 Å². The molecule has 0 unspecified atom stereocenters. The Morgan fingerprint density at radius 1 is 1.21 bits per heavy atom. The number of amides is 1. The van der Waals surface area contributed by atoms with Gasteiger partial charge < -0.3 is 5.11 Å². The van der Waals surface area contributed by atoms with E-state index in [0.717, 1.165) is 10.8 Å². The van der Waals surface area contributed by atoms with Gasteiger partial charge in [-0.3, -0.25) is 9.78 Å². The van der Waals surface area contributed by atoms with Crippen LogP contribution in [0.2, 0.25) is 0 Å². The summed E-state index contributed by atoms with van der Waals surface area (Å²) in [5.41, 5.74) is 3.95. The van der Waals surface area contributed by atoms with Gasteiger partial charge in [0.05, 0.1) is 11.3 Å². The van der Waals surface area contributed by atoms with E-state index in [2.05, 4.69) is 31.4 Å². The molecule has 0 atom stereocenters. The first kappa shape index (κ1) is 16.1. The molecule has 0 aliphatic carbocycles. The number of aromatic hydroxyl groups is 1. The highest BCUT2D eigenvalue weighted by atomic mass is 79.9. The fraction of sp³-hybridized carbons (Fsp3) is 0.0556. The lowest BCUT2D eigenvalue weighted by molar-refractivity contribution is 0.0954. The van der Waals surface area contributed by atoms with Crippen molar-refractivity contribution in [2.75, 3.05) is 0 Å². The van der Waals surface area contributed by atoms with Gasteiger partial charge in [0.1, 0.15) is 5.75 Å². The van der Waals surface area contributed by atoms with Gasteiger partial charge in [-0.1, -0.05) is 30.3 Å². The second kappa shape index (κ2) is 6.80. The number of pyridine rings is 1. The molecule has 1 amide bonds. The zero-order valence-electron chi connectivity index (χ0n) is 12.8. The molecule has 1 heterocycles. The minimum Gasteiger partial charge on any atom is -0.507 e. The Morgan fingerprint density at radius 3 is 2.79 bits per heavy atom. The molecule has 0 spiro atoms. The molecule has 3 rings (SSSR count). The molecule has 0 fully saturated rings. The number of hydrogen-bond acceptors (Lipinski definition) is 4. The smallest absolute Gasteiger partial charge is 0.272 e. The first-order chi connectivity index (χ1) is 11.6. The molecule has 0 saturated carbocycles. The molecule has 2 N–H and O–H groups in total. The lowest BCUT2D eigenvalue weighted by atomic mass is 10.0. The summed E-state index contributed by atoms with van der Waals surface area (Å²) in [6.45, 7) is 1.73. The molecular weight excluding hydrogens is 370 g/mol. The van der Waals surface area contributed by atoms with Crippen molar-refractivity contribution in [2.24, 2.45) is 5.10 Å². The Morgan fingerprint density at radius 2 is 2.00 bits per heavy atom. The third-order valence-electron chi connectivity index (χ3n) is 3.58. The van der Waals surface area contributed by atoms with Gasteiger partial charge in [-0.15, -0.1) is 0 Å². The van der Waals surface area contributed by atoms with E-state index in [0.29, 0.717) is 21.3 Å². The first-order valence-electron chi connectivity index (χ1n) is 7.22. The Bertz CT molecular complexity index is 954. The van der Waals surface area contributed by atoms with Crippen LogP contribution in [0.4, 0.5) is 0 Å². The third kappa shape index (κ3) is 3.28. The fourth-order valence-corrected chi connectivity index (χ4v) is 2.71. The summed E-state index contributed by atoms with van der Waals surface area (Å²) in [5, 5.41) is 16.2. The van der Waals surface area contributed by atoms with Crippen molar-refractivity contribution in [3.05, 3.63) is 70.5 Å². The maximum absolute atomic E-state index is 12.1. The van der Waals surface area contributed by atoms with Gasteiger partial charge in [0.2, 0.25) is 0 Å². The number of carbonyl (C=O) groups is 1. The van der Waals surface area contributed by atoms with Crippen LogP contribution in [0.25, 0.3) is 10.8 Å². The number of rotatable bonds is 3. The average molecular weight is 384 g/mol. The molecule has 5 nitrogen and oxygen atoms in total. The largest absolute Gasteiger partial charge is 0.507 e. The summed E-state index contributed by atoms with van der Waals surface area (Å²) < 4.78 is 0.711. The van der Waals surface area contributed by atoms with Crippen LogP contribution in [0, 0.1) is 0 Å². The number of benzene rings is 2. The van der Waals surface area contributed by atoms with Gasteiger partial charge in [-0.05, 0) is 40.4 Å². The van der Waals surface area contributed by atoms with Crippen LogP contribution in [-0.2, 0) is 0 Å². The highest BCUT2D eigenvalue weighted by molar-refractivity contribution is 9.10. The van der Waals surface area contributed by atoms with Crippen LogP contribution >= 0.6 is 15.9 Å². The number of phenols is 1. The molecule has 0 aliphatic rings. The Kier molecular flexibility index (Phi) is 4.57. The van der Waals surface area contributed by atoms with Gasteiger partial charge in [0, 0.05) is 27.8 Å². The molecule has 3 aromatic rings. The van der Waals surface area contributed by atoms with E-state index in [1.54, 1.807) is 25.3 Å². The van der Waals surface area contributed by atoms with E-state index in [-0.39, 0.29) is 11.7 Å². The number of aromatic nitrogens is 1. The van der Waals surface area contributed by atoms with Crippen LogP contribution in [0.5, 0.6) is 5.75 Å². The van der Waals surface area contributed by atoms with Crippen molar-refractivity contribution >= 4 is 38.3 Å². The molecule has 1 aromatic heterocycles. The van der Waals surface area contributed by atoms with E-state index >= 15 is 0 Å². The molecule has 6 heteroatoms. The lowest BCUT2D eigenvalue weighted by Crippen LogP contribution is -2.19. The van der Waals surface area contributed by atoms with E-state index in [1.165, 1.54) is 6.20 Å². The van der Waals surface area contributed by atoms with E-state index in [4.69, 9.17) is 0 Å². The fourth-order valence-electron chi connectivity index (χ4n) is 2.34. The summed E-state index contributed by atoms with van der Waals surface area (Å²) in [4.78, 5) is 16.0. The monoisotopic (exact) mass is 383 g/mol. The van der Waals surface area contributed by atoms with E-state index < -0.39 is 0 Å². The number of nitrogens with one attached hydrogen (secondary N) is 1. The van der Waals surface area contributed by atoms with Crippen molar-refractivity contribution in [3.8, 4) is 5.75 Å². The summed E-state index contributed by atoms with van der Waals surface area (Å²) in [7, 11) is 0. The summed E-state index contributed by atoms with van der Waals surface area (Å²) in [6.07, 6.45) is 3.05. The van der Waals surface area contributed by atoms with Crippen molar-refractivity contribution < 1.29 is 9.90 Å². The van der Waals surface area contributed by atoms with Crippen molar-refractivity contribution in [2.45, 2.75) is 6.92 Å². The minimum absolute atomic E-state index is 0.146. The predicted molar refractivity (Wildman–Crippen MR) is 97.2 cm³/mol. The molecule has 2 aromatic carbocycles. The number of nitrogens with zero attached hydrogens (tertiary/aromatic N) is 2. The average Bonchev–Trinajstić information content (AvgIpc) is 2.60. The zero-order chi connectivity index (χ0) is 17.1. The SMILES string of the molecule is C/C(=N\NC(=O)c1cncc(Br)c1)c1ccc2ccccc2c1O. The first-order valence-corrected chi connectivity index (χ1v) is 8.02. The third-order valence-corrected chi connectivity index (χ3v) is 4.02. The van der Waals surface area contributed by atoms with Crippen molar-refractivity contribution in [3.63, 3.8) is 0 Å². The maximum atomic E-state index is 12.1. The summed E-state index contributed by atoms with van der Waals surface area (Å²) >= 11 is 3.27. The zero-order valence-corrected chi connectivity index (χ0v) is 14.4. The van der Waals surface area contributed by atoms with Crippen LogP contribution in [0.1, 0.15) is 22.8 Å². The number of hydrogen-bond donors (Lipinski definition) is 2. The molecule has 0 saturated heterocycles. The lowest BCUT2D eigenvalue weighted by Gasteiger charge is -2.08. The molecule has 24 heavy (non-hydrogen) atoms. The van der Waals surface area contributed by atoms with Gasteiger partial charge >= 0.3 is 0 Å². The molecule has 0 aliphatic heterocycles. The second-order valence-corrected chi connectivity index (χ2v) is 6.13. The Hall–Kier alpha value is -2.73. The standard InChI is InChI=1S/C18H14BrN3O2/c1-11(21-22-18(24)13-8-14(19)10-20-9-13)15-7-6-12-4-2-3-5-16(12)17(15)23/h2-10,23H,1H3,(H,22,24)/b21-11+. The number of phenolic OH excluding ortho intramolecular Hbond substituents is 1. The molecule has 0 radical (unpaired) electrons. The van der Waals surface area contributed by atoms with Crippen LogP contribution < -0.4 is 5.43 Å². The summed E-state index contributed by atoms with van der Waals surface area (Å²) in [6, 6.07) is 12.9. The topological polar surface area (TPSA) is 74.6 Å². The quantitative estimate of drug-likeness (QED) is 0.532. The maximum Gasteiger partial charge on any atom is 0.272 e. The number of fused-ring (bicyclic) bond motifs is 1. The molecule has 0 bridgehead atoms. The van der Waals surface area contributed by atoms with Crippen LogP contribution in [0.15, 0.2) is 64.4 Å². The van der Waals surface area contributed by atoms with Gasteiger partial charge in [0.25, 0.3) is 5.91 Å². The van der Waals surface area contributed by atoms with Crippen LogP contribution in [-0.4, -0.2) is 21.7 Å². The van der Waals surface area contributed by atoms with Gasteiger partial charge in [-0.2, -0.15) is 5.10 Å². The predicted octanol–water partition coefficient (Wildman–Crippen LogP) is 3.86. The number of carbonyl (C=O) groups excluding carboxylic acids is 1.